The minimum absolute atomic E-state index is 0.0673. The standard InChI is InChI=1S/C12H12N2O5/c1-18-7-3-4-14-8(5-7)11(12(17)19-2)13-9(14)6-10(15)16/h3-5H,6H2,1-2H3,(H,15,16). The molecule has 0 atom stereocenters. The van der Waals surface area contributed by atoms with Gasteiger partial charge in [-0.05, 0) is 6.07 Å². The number of carbonyl (C=O) groups excluding carboxylic acids is 1. The Balaban J connectivity index is 2.65. The van der Waals surface area contributed by atoms with Crippen molar-refractivity contribution in [3.05, 3.63) is 29.8 Å². The molecule has 100 valence electrons. The molecule has 0 radical (unpaired) electrons. The molecule has 0 amide bonds. The number of hydrogen-bond donors (Lipinski definition) is 1. The van der Waals surface area contributed by atoms with Crippen LogP contribution in [-0.4, -0.2) is 40.6 Å². The molecule has 19 heavy (non-hydrogen) atoms. The summed E-state index contributed by atoms with van der Waals surface area (Å²) in [4.78, 5) is 26.5. The van der Waals surface area contributed by atoms with E-state index in [1.807, 2.05) is 0 Å². The van der Waals surface area contributed by atoms with Crippen molar-refractivity contribution >= 4 is 17.5 Å². The van der Waals surface area contributed by atoms with Crippen LogP contribution in [-0.2, 0) is 16.0 Å². The van der Waals surface area contributed by atoms with E-state index in [2.05, 4.69) is 9.72 Å². The van der Waals surface area contributed by atoms with Gasteiger partial charge in [-0.25, -0.2) is 9.78 Å². The van der Waals surface area contributed by atoms with Crippen molar-refractivity contribution < 1.29 is 24.2 Å². The van der Waals surface area contributed by atoms with E-state index in [9.17, 15) is 9.59 Å². The first-order chi connectivity index (χ1) is 9.06. The fourth-order valence-corrected chi connectivity index (χ4v) is 1.76. The Kier molecular flexibility index (Phi) is 3.37. The summed E-state index contributed by atoms with van der Waals surface area (Å²) >= 11 is 0. The highest BCUT2D eigenvalue weighted by Crippen LogP contribution is 2.20. The largest absolute Gasteiger partial charge is 0.497 e. The lowest BCUT2D eigenvalue weighted by atomic mass is 10.3. The monoisotopic (exact) mass is 264 g/mol. The van der Waals surface area contributed by atoms with Crippen LogP contribution in [0.4, 0.5) is 0 Å². The van der Waals surface area contributed by atoms with Gasteiger partial charge >= 0.3 is 11.9 Å². The highest BCUT2D eigenvalue weighted by molar-refractivity contribution is 5.95. The number of pyridine rings is 1. The zero-order valence-corrected chi connectivity index (χ0v) is 10.4. The minimum atomic E-state index is -1.03. The Hall–Kier alpha value is -2.57. The average Bonchev–Trinajstić information content (AvgIpc) is 2.75. The van der Waals surface area contributed by atoms with Crippen LogP contribution in [0.25, 0.3) is 5.52 Å². The van der Waals surface area contributed by atoms with Gasteiger partial charge in [0, 0.05) is 12.3 Å². The summed E-state index contributed by atoms with van der Waals surface area (Å²) in [6, 6.07) is 3.26. The van der Waals surface area contributed by atoms with Gasteiger partial charge in [0.05, 0.1) is 19.7 Å². The lowest BCUT2D eigenvalue weighted by Gasteiger charge is -2.02. The number of hydrogen-bond acceptors (Lipinski definition) is 5. The smallest absolute Gasteiger partial charge is 0.358 e. The molecule has 0 aliphatic rings. The van der Waals surface area contributed by atoms with E-state index < -0.39 is 11.9 Å². The number of ether oxygens (including phenoxy) is 2. The molecule has 1 N–H and O–H groups in total. The molecule has 2 aromatic heterocycles. The summed E-state index contributed by atoms with van der Waals surface area (Å²) in [7, 11) is 2.74. The van der Waals surface area contributed by atoms with Gasteiger partial charge in [-0.1, -0.05) is 0 Å². The van der Waals surface area contributed by atoms with Gasteiger partial charge in [-0.3, -0.25) is 4.79 Å². The molecule has 0 aliphatic carbocycles. The highest BCUT2D eigenvalue weighted by Gasteiger charge is 2.19. The Bertz CT molecular complexity index is 647. The van der Waals surface area contributed by atoms with Gasteiger partial charge in [-0.2, -0.15) is 0 Å². The number of carboxylic acid groups (broad SMARTS) is 1. The van der Waals surface area contributed by atoms with Gasteiger partial charge in [0.15, 0.2) is 5.69 Å². The summed E-state index contributed by atoms with van der Waals surface area (Å²) in [6.07, 6.45) is 1.32. The molecule has 2 aromatic rings. The van der Waals surface area contributed by atoms with E-state index in [1.54, 1.807) is 18.3 Å². The molecule has 2 rings (SSSR count). The molecule has 0 spiro atoms. The van der Waals surface area contributed by atoms with Crippen LogP contribution in [0.15, 0.2) is 18.3 Å². The molecule has 7 heteroatoms. The normalized spacial score (nSPS) is 10.4. The molecule has 0 saturated heterocycles. The second-order valence-corrected chi connectivity index (χ2v) is 3.76. The SMILES string of the molecule is COC(=O)c1nc(CC(=O)O)n2ccc(OC)cc12. The lowest BCUT2D eigenvalue weighted by Crippen LogP contribution is -2.05. The molecule has 0 aliphatic heterocycles. The van der Waals surface area contributed by atoms with Crippen LogP contribution in [0.2, 0.25) is 0 Å². The minimum Gasteiger partial charge on any atom is -0.497 e. The van der Waals surface area contributed by atoms with Crippen LogP contribution in [0.3, 0.4) is 0 Å². The summed E-state index contributed by atoms with van der Waals surface area (Å²) in [6.45, 7) is 0. The molecule has 0 aromatic carbocycles. The van der Waals surface area contributed by atoms with Crippen molar-refractivity contribution in [3.8, 4) is 5.75 Å². The number of imidazole rings is 1. The van der Waals surface area contributed by atoms with Crippen molar-refractivity contribution in [2.45, 2.75) is 6.42 Å². The molecular formula is C12H12N2O5. The first-order valence-electron chi connectivity index (χ1n) is 5.42. The van der Waals surface area contributed by atoms with Crippen LogP contribution < -0.4 is 4.74 Å². The summed E-state index contributed by atoms with van der Waals surface area (Å²) in [5.41, 5.74) is 0.514. The van der Waals surface area contributed by atoms with Crippen LogP contribution in [0.5, 0.6) is 5.75 Å². The van der Waals surface area contributed by atoms with Crippen LogP contribution in [0.1, 0.15) is 16.3 Å². The van der Waals surface area contributed by atoms with Crippen molar-refractivity contribution in [2.75, 3.05) is 14.2 Å². The van der Waals surface area contributed by atoms with E-state index in [0.29, 0.717) is 11.3 Å². The maximum absolute atomic E-state index is 11.6. The van der Waals surface area contributed by atoms with Crippen LogP contribution >= 0.6 is 0 Å². The van der Waals surface area contributed by atoms with E-state index in [4.69, 9.17) is 9.84 Å². The third-order valence-corrected chi connectivity index (χ3v) is 2.61. The molecule has 7 nitrogen and oxygen atoms in total. The lowest BCUT2D eigenvalue weighted by molar-refractivity contribution is -0.136. The zero-order valence-electron chi connectivity index (χ0n) is 10.4. The van der Waals surface area contributed by atoms with Crippen molar-refractivity contribution in [2.24, 2.45) is 0 Å². The average molecular weight is 264 g/mol. The van der Waals surface area contributed by atoms with Gasteiger partial charge in [-0.15, -0.1) is 0 Å². The van der Waals surface area contributed by atoms with Gasteiger partial charge < -0.3 is 19.0 Å². The number of aromatic nitrogens is 2. The first-order valence-corrected chi connectivity index (χ1v) is 5.42. The number of rotatable bonds is 4. The molecule has 0 fully saturated rings. The maximum Gasteiger partial charge on any atom is 0.358 e. The maximum atomic E-state index is 11.6. The number of aliphatic carboxylic acids is 1. The Labute approximate surface area is 108 Å². The first kappa shape index (κ1) is 12.9. The second-order valence-electron chi connectivity index (χ2n) is 3.76. The molecule has 0 unspecified atom stereocenters. The van der Waals surface area contributed by atoms with Crippen LogP contribution in [0, 0.1) is 0 Å². The predicted molar refractivity (Wildman–Crippen MR) is 64.4 cm³/mol. The number of carboxylic acids is 1. The second kappa shape index (κ2) is 4.97. The number of esters is 1. The Morgan fingerprint density at radius 3 is 2.74 bits per heavy atom. The van der Waals surface area contributed by atoms with E-state index in [0.717, 1.165) is 0 Å². The summed E-state index contributed by atoms with van der Waals surface area (Å²) < 4.78 is 11.2. The molecule has 0 bridgehead atoms. The van der Waals surface area contributed by atoms with Crippen molar-refractivity contribution in [1.29, 1.82) is 0 Å². The topological polar surface area (TPSA) is 90.1 Å². The highest BCUT2D eigenvalue weighted by atomic mass is 16.5. The van der Waals surface area contributed by atoms with Gasteiger partial charge in [0.1, 0.15) is 18.0 Å². The van der Waals surface area contributed by atoms with Gasteiger partial charge in [0.2, 0.25) is 0 Å². The number of methoxy groups -OCH3 is 2. The number of nitrogens with zero attached hydrogens (tertiary/aromatic N) is 2. The Morgan fingerprint density at radius 1 is 1.42 bits per heavy atom. The van der Waals surface area contributed by atoms with Crippen molar-refractivity contribution in [3.63, 3.8) is 0 Å². The summed E-state index contributed by atoms with van der Waals surface area (Å²) in [5.74, 6) is -0.855. The van der Waals surface area contributed by atoms with Gasteiger partial charge in [0.25, 0.3) is 0 Å². The fourth-order valence-electron chi connectivity index (χ4n) is 1.76. The summed E-state index contributed by atoms with van der Waals surface area (Å²) in [5, 5.41) is 8.84. The Morgan fingerprint density at radius 2 is 2.16 bits per heavy atom. The van der Waals surface area contributed by atoms with E-state index in [1.165, 1.54) is 18.6 Å². The third-order valence-electron chi connectivity index (χ3n) is 2.61. The predicted octanol–water partition coefficient (Wildman–Crippen LogP) is 0.757. The van der Waals surface area contributed by atoms with E-state index >= 15 is 0 Å². The third kappa shape index (κ3) is 2.35. The molecule has 2 heterocycles. The quantitative estimate of drug-likeness (QED) is 0.820. The number of carbonyl (C=O) groups is 2. The molecular weight excluding hydrogens is 252 g/mol. The number of fused-ring (bicyclic) bond motifs is 1. The fraction of sp³-hybridized carbons (Fsp3) is 0.250. The molecule has 0 saturated carbocycles. The van der Waals surface area contributed by atoms with Crippen molar-refractivity contribution in [1.82, 2.24) is 9.38 Å². The van der Waals surface area contributed by atoms with E-state index in [-0.39, 0.29) is 17.9 Å². The zero-order chi connectivity index (χ0) is 14.0.